The molecule has 2 N–H and O–H groups in total. The average molecular weight is 740 g/mol. The van der Waals surface area contributed by atoms with Gasteiger partial charge in [-0.15, -0.1) is 0 Å². The van der Waals surface area contributed by atoms with Crippen LogP contribution < -0.4 is 15.4 Å². The van der Waals surface area contributed by atoms with Crippen LogP contribution in [0.5, 0.6) is 11.5 Å². The van der Waals surface area contributed by atoms with Crippen molar-refractivity contribution in [2.75, 3.05) is 20.2 Å². The molecular formula is C44H61N3O5Si. The number of nitrogens with one attached hydrogen (secondary N) is 2. The predicted molar refractivity (Wildman–Crippen MR) is 216 cm³/mol. The first kappa shape index (κ1) is 40.4. The van der Waals surface area contributed by atoms with E-state index >= 15 is 0 Å². The Morgan fingerprint density at radius 1 is 0.943 bits per heavy atom. The van der Waals surface area contributed by atoms with E-state index in [1.54, 1.807) is 11.9 Å². The molecule has 0 radical (unpaired) electrons. The van der Waals surface area contributed by atoms with Gasteiger partial charge in [0.15, 0.2) is 8.32 Å². The molecule has 0 fully saturated rings. The van der Waals surface area contributed by atoms with E-state index in [2.05, 4.69) is 75.7 Å². The van der Waals surface area contributed by atoms with E-state index in [-0.39, 0.29) is 41.1 Å². The molecule has 1 heterocycles. The Morgan fingerprint density at radius 2 is 1.66 bits per heavy atom. The molecule has 1 aliphatic carbocycles. The van der Waals surface area contributed by atoms with Crippen molar-refractivity contribution in [2.24, 2.45) is 0 Å². The highest BCUT2D eigenvalue weighted by atomic mass is 28.4. The third kappa shape index (κ3) is 10.9. The number of hydrogen-bond acceptors (Lipinski definition) is 6. The van der Waals surface area contributed by atoms with Crippen molar-refractivity contribution in [2.45, 2.75) is 121 Å². The molecule has 2 amide bonds. The molecule has 0 spiro atoms. The molecule has 286 valence electrons. The van der Waals surface area contributed by atoms with Crippen molar-refractivity contribution in [1.29, 1.82) is 0 Å². The minimum atomic E-state index is -2.32. The van der Waals surface area contributed by atoms with Gasteiger partial charge in [0.05, 0.1) is 24.9 Å². The van der Waals surface area contributed by atoms with Crippen molar-refractivity contribution >= 4 is 20.1 Å². The van der Waals surface area contributed by atoms with Crippen molar-refractivity contribution in [3.63, 3.8) is 0 Å². The fourth-order valence-electron chi connectivity index (χ4n) is 6.94. The van der Waals surface area contributed by atoms with E-state index in [1.807, 2.05) is 66.7 Å². The zero-order chi connectivity index (χ0) is 38.0. The van der Waals surface area contributed by atoms with Gasteiger partial charge < -0.3 is 29.4 Å². The zero-order valence-corrected chi connectivity index (χ0v) is 33.9. The Bertz CT molecular complexity index is 1660. The fourth-order valence-corrected chi connectivity index (χ4v) is 8.30. The summed E-state index contributed by atoms with van der Waals surface area (Å²) >= 11 is 0. The van der Waals surface area contributed by atoms with Gasteiger partial charge in [0.1, 0.15) is 17.5 Å². The molecule has 3 aromatic carbocycles. The maximum absolute atomic E-state index is 14.5. The van der Waals surface area contributed by atoms with Crippen molar-refractivity contribution in [1.82, 2.24) is 15.5 Å². The van der Waals surface area contributed by atoms with Gasteiger partial charge in [-0.25, -0.2) is 0 Å². The van der Waals surface area contributed by atoms with Gasteiger partial charge in [-0.2, -0.15) is 0 Å². The largest absolute Gasteiger partial charge is 0.457 e. The standard InChI is InChI=1S/C44H61N3O5Si/c1-8-9-12-24-42(48)47(5)39-23-17-18-27-50-40-30-37(36-29-34(25-26-35(36)40)51-33-21-15-11-16-22-33)45-31-41(52-53(6,7)44(2,3)4)38(46-43(39)49)28-32-19-13-10-14-20-32/h10-11,13-22,25-26,29,37-41,45H,8-9,12,23-24,27-28,30-31H2,1-7H3,(H,46,49)/t37?,38-,39-,40?,41+/m0/s1. The number of carbonyl (C=O) groups is 2. The minimum absolute atomic E-state index is 0.0124. The maximum atomic E-state index is 14.5. The van der Waals surface area contributed by atoms with Crippen LogP contribution in [0.15, 0.2) is 91.0 Å². The van der Waals surface area contributed by atoms with Crippen LogP contribution in [0.1, 0.15) is 95.1 Å². The summed E-state index contributed by atoms with van der Waals surface area (Å²) in [6.45, 7) is 14.3. The Labute approximate surface area is 318 Å². The second-order valence-electron chi connectivity index (χ2n) is 16.1. The van der Waals surface area contributed by atoms with Crippen LogP contribution in [0, 0.1) is 0 Å². The summed E-state index contributed by atoms with van der Waals surface area (Å²) in [5.74, 6) is 1.38. The van der Waals surface area contributed by atoms with Crippen LogP contribution in [0.25, 0.3) is 0 Å². The lowest BCUT2D eigenvalue weighted by atomic mass is 9.99. The number of unbranched alkanes of at least 4 members (excludes halogenated alkanes) is 2. The van der Waals surface area contributed by atoms with E-state index in [0.29, 0.717) is 32.4 Å². The third-order valence-corrected chi connectivity index (χ3v) is 15.7. The minimum Gasteiger partial charge on any atom is -0.457 e. The van der Waals surface area contributed by atoms with Gasteiger partial charge in [-0.3, -0.25) is 9.59 Å². The van der Waals surface area contributed by atoms with Crippen molar-refractivity contribution < 1.29 is 23.5 Å². The Morgan fingerprint density at radius 3 is 2.36 bits per heavy atom. The number of hydrogen-bond donors (Lipinski definition) is 2. The van der Waals surface area contributed by atoms with Gasteiger partial charge >= 0.3 is 0 Å². The summed E-state index contributed by atoms with van der Waals surface area (Å²) in [5, 5.41) is 7.29. The summed E-state index contributed by atoms with van der Waals surface area (Å²) in [6, 6.07) is 25.4. The molecular weight excluding hydrogens is 679 g/mol. The molecule has 2 unspecified atom stereocenters. The number of carbonyl (C=O) groups excluding carboxylic acids is 2. The molecule has 2 aliphatic rings. The Kier molecular flexibility index (Phi) is 14.1. The van der Waals surface area contributed by atoms with Crippen LogP contribution in [0.4, 0.5) is 0 Å². The Hall–Kier alpha value is -3.76. The van der Waals surface area contributed by atoms with E-state index in [4.69, 9.17) is 13.9 Å². The monoisotopic (exact) mass is 739 g/mol. The summed E-state index contributed by atoms with van der Waals surface area (Å²) in [4.78, 5) is 29.5. The second kappa shape index (κ2) is 18.5. The van der Waals surface area contributed by atoms with Gasteiger partial charge in [0.25, 0.3) is 0 Å². The SMILES string of the molecule is CCCCCC(=O)N(C)[C@H]1CC=CCOC2CC(NC[C@@H](O[Si](C)(C)C(C)(C)C)[C@H](Cc3ccccc3)NC1=O)c1cc(Oc3ccccc3)ccc12. The highest BCUT2D eigenvalue weighted by Crippen LogP contribution is 2.44. The molecule has 8 nitrogen and oxygen atoms in total. The summed E-state index contributed by atoms with van der Waals surface area (Å²) in [7, 11) is -0.559. The first-order valence-electron chi connectivity index (χ1n) is 19.5. The lowest BCUT2D eigenvalue weighted by Gasteiger charge is -2.42. The van der Waals surface area contributed by atoms with Gasteiger partial charge in [0.2, 0.25) is 11.8 Å². The van der Waals surface area contributed by atoms with Crippen LogP contribution in [0.3, 0.4) is 0 Å². The number of rotatable bonds is 11. The fraction of sp³-hybridized carbons (Fsp3) is 0.500. The average Bonchev–Trinajstić information content (AvgIpc) is 3.47. The van der Waals surface area contributed by atoms with Gasteiger partial charge in [-0.05, 0) is 84.8 Å². The van der Waals surface area contributed by atoms with E-state index in [0.717, 1.165) is 53.9 Å². The number of likely N-dealkylation sites (N-methyl/N-ethyl adjacent to an activating group) is 1. The van der Waals surface area contributed by atoms with Crippen LogP contribution in [0.2, 0.25) is 18.1 Å². The van der Waals surface area contributed by atoms with E-state index in [1.165, 1.54) is 0 Å². The molecule has 3 aromatic rings. The highest BCUT2D eigenvalue weighted by Gasteiger charge is 2.42. The molecule has 5 atom stereocenters. The smallest absolute Gasteiger partial charge is 0.243 e. The first-order chi connectivity index (χ1) is 25.4. The molecule has 0 saturated heterocycles. The highest BCUT2D eigenvalue weighted by molar-refractivity contribution is 6.74. The summed E-state index contributed by atoms with van der Waals surface area (Å²) < 4.78 is 20.1. The zero-order valence-electron chi connectivity index (χ0n) is 32.9. The molecule has 0 saturated carbocycles. The molecule has 0 aromatic heterocycles. The van der Waals surface area contributed by atoms with Crippen molar-refractivity contribution in [3.8, 4) is 11.5 Å². The van der Waals surface area contributed by atoms with E-state index in [9.17, 15) is 9.59 Å². The molecule has 53 heavy (non-hydrogen) atoms. The number of fused-ring (bicyclic) bond motifs is 5. The first-order valence-corrected chi connectivity index (χ1v) is 22.4. The number of benzene rings is 3. The molecule has 9 heteroatoms. The summed E-state index contributed by atoms with van der Waals surface area (Å²) in [5.41, 5.74) is 3.41. The van der Waals surface area contributed by atoms with Crippen molar-refractivity contribution in [3.05, 3.63) is 108 Å². The quantitative estimate of drug-likeness (QED) is 0.116. The van der Waals surface area contributed by atoms with Gasteiger partial charge in [-0.1, -0.05) is 107 Å². The lowest BCUT2D eigenvalue weighted by Crippen LogP contribution is -2.58. The van der Waals surface area contributed by atoms with Crippen LogP contribution in [-0.2, 0) is 25.2 Å². The predicted octanol–water partition coefficient (Wildman–Crippen LogP) is 9.06. The topological polar surface area (TPSA) is 89.1 Å². The number of ether oxygens (including phenoxy) is 2. The maximum Gasteiger partial charge on any atom is 0.243 e. The Balaban J connectivity index is 1.52. The second-order valence-corrected chi connectivity index (χ2v) is 20.9. The molecule has 1 aliphatic heterocycles. The number of amides is 2. The van der Waals surface area contributed by atoms with Crippen LogP contribution >= 0.6 is 0 Å². The summed E-state index contributed by atoms with van der Waals surface area (Å²) in [6.07, 6.45) is 8.50. The lowest BCUT2D eigenvalue weighted by molar-refractivity contribution is -0.139. The molecule has 5 rings (SSSR count). The number of para-hydroxylation sites is 1. The molecule has 2 bridgehead atoms. The third-order valence-electron chi connectivity index (χ3n) is 11.2. The van der Waals surface area contributed by atoms with Crippen LogP contribution in [-0.4, -0.2) is 63.4 Å². The number of nitrogens with zero attached hydrogens (tertiary/aromatic N) is 1. The van der Waals surface area contributed by atoms with Gasteiger partial charge in [0, 0.05) is 26.1 Å². The van der Waals surface area contributed by atoms with E-state index < -0.39 is 14.4 Å². The normalized spacial score (nSPS) is 22.6.